The van der Waals surface area contributed by atoms with Crippen molar-refractivity contribution in [2.24, 2.45) is 0 Å². The Balaban J connectivity index is 1.41. The summed E-state index contributed by atoms with van der Waals surface area (Å²) in [7, 11) is 0.469. The summed E-state index contributed by atoms with van der Waals surface area (Å²) in [6.07, 6.45) is 11.8. The van der Waals surface area contributed by atoms with Crippen LogP contribution in [0.5, 0.6) is 0 Å². The largest absolute Gasteiger partial charge is 0.368 e. The van der Waals surface area contributed by atoms with Gasteiger partial charge in [-0.1, -0.05) is 14.7 Å². The Hall–Kier alpha value is -2.50. The first-order valence-corrected chi connectivity index (χ1v) is 10.7. The molecule has 8 heteroatoms. The molecule has 7 nitrogen and oxygen atoms in total. The second kappa shape index (κ2) is 6.83. The standard InChI is InChI=1S/C20H23N6OP/c1-13-10-24(6-5-21-13)15-3-4-20-25(12-15)19(27)8-18(28-20)17-7-16-9-22-14(2)11-26(16)23-17/h3-4,7-9,11-13,20-21,28H,5-6,10H2,1-2H3/t13-,20?/m0/s1. The average Bonchev–Trinajstić information content (AvgIpc) is 3.11. The van der Waals surface area contributed by atoms with E-state index in [1.54, 1.807) is 6.08 Å². The van der Waals surface area contributed by atoms with E-state index in [-0.39, 0.29) is 11.7 Å². The number of amides is 1. The highest BCUT2D eigenvalue weighted by Crippen LogP contribution is 2.44. The lowest BCUT2D eigenvalue weighted by molar-refractivity contribution is -0.123. The van der Waals surface area contributed by atoms with Gasteiger partial charge in [0.15, 0.2) is 0 Å². The monoisotopic (exact) mass is 394 g/mol. The van der Waals surface area contributed by atoms with Crippen LogP contribution in [0.4, 0.5) is 0 Å². The van der Waals surface area contributed by atoms with Crippen LogP contribution in [0.1, 0.15) is 18.3 Å². The number of aryl methyl sites for hydroxylation is 1. The average molecular weight is 394 g/mol. The van der Waals surface area contributed by atoms with Gasteiger partial charge in [0, 0.05) is 43.3 Å². The van der Waals surface area contributed by atoms with Crippen molar-refractivity contribution in [3.63, 3.8) is 0 Å². The molecule has 28 heavy (non-hydrogen) atoms. The number of nitrogens with zero attached hydrogens (tertiary/aromatic N) is 5. The zero-order chi connectivity index (χ0) is 19.3. The molecule has 1 fully saturated rings. The summed E-state index contributed by atoms with van der Waals surface area (Å²) in [4.78, 5) is 21.4. The second-order valence-electron chi connectivity index (χ2n) is 7.53. The number of fused-ring (bicyclic) bond motifs is 2. The molecule has 3 atom stereocenters. The van der Waals surface area contributed by atoms with Crippen molar-refractivity contribution in [2.75, 3.05) is 19.6 Å². The van der Waals surface area contributed by atoms with Crippen molar-refractivity contribution in [3.8, 4) is 0 Å². The molecule has 1 amide bonds. The van der Waals surface area contributed by atoms with E-state index in [1.165, 1.54) is 0 Å². The number of hydrogen-bond acceptors (Lipinski definition) is 5. The summed E-state index contributed by atoms with van der Waals surface area (Å²) >= 11 is 0. The van der Waals surface area contributed by atoms with Gasteiger partial charge in [-0.05, 0) is 26.0 Å². The lowest BCUT2D eigenvalue weighted by Gasteiger charge is -2.39. The molecule has 0 aliphatic carbocycles. The van der Waals surface area contributed by atoms with Crippen molar-refractivity contribution in [2.45, 2.75) is 25.7 Å². The predicted octanol–water partition coefficient (Wildman–Crippen LogP) is 1.93. The third-order valence-electron chi connectivity index (χ3n) is 5.33. The summed E-state index contributed by atoms with van der Waals surface area (Å²) < 4.78 is 1.83. The van der Waals surface area contributed by atoms with E-state index in [0.29, 0.717) is 14.6 Å². The van der Waals surface area contributed by atoms with Crippen LogP contribution in [0.15, 0.2) is 48.6 Å². The maximum Gasteiger partial charge on any atom is 0.252 e. The fraction of sp³-hybridized carbons (Fsp3) is 0.350. The molecule has 1 N–H and O–H groups in total. The van der Waals surface area contributed by atoms with Gasteiger partial charge in [-0.3, -0.25) is 9.78 Å². The maximum atomic E-state index is 12.9. The molecule has 5 rings (SSSR count). The Labute approximate surface area is 165 Å². The van der Waals surface area contributed by atoms with Crippen LogP contribution in [-0.4, -0.2) is 61.8 Å². The van der Waals surface area contributed by atoms with Crippen LogP contribution in [-0.2, 0) is 4.79 Å². The highest BCUT2D eigenvalue weighted by Gasteiger charge is 2.30. The molecule has 3 aliphatic rings. The number of rotatable bonds is 2. The fourth-order valence-electron chi connectivity index (χ4n) is 3.89. The molecule has 3 aliphatic heterocycles. The molecule has 0 radical (unpaired) electrons. The summed E-state index contributed by atoms with van der Waals surface area (Å²) in [5.41, 5.74) is 3.83. The Morgan fingerprint density at radius 3 is 3.11 bits per heavy atom. The molecule has 0 bridgehead atoms. The van der Waals surface area contributed by atoms with E-state index >= 15 is 0 Å². The Bertz CT molecular complexity index is 1040. The van der Waals surface area contributed by atoms with Gasteiger partial charge in [0.25, 0.3) is 5.91 Å². The smallest absolute Gasteiger partial charge is 0.252 e. The first-order valence-electron chi connectivity index (χ1n) is 9.58. The van der Waals surface area contributed by atoms with Crippen molar-refractivity contribution < 1.29 is 4.79 Å². The minimum atomic E-state index is 0.0233. The van der Waals surface area contributed by atoms with Gasteiger partial charge in [0.05, 0.1) is 40.8 Å². The molecule has 2 unspecified atom stereocenters. The first-order chi connectivity index (χ1) is 13.6. The van der Waals surface area contributed by atoms with Crippen molar-refractivity contribution in [1.82, 2.24) is 29.7 Å². The third kappa shape index (κ3) is 3.15. The third-order valence-corrected chi connectivity index (χ3v) is 6.81. The van der Waals surface area contributed by atoms with Gasteiger partial charge >= 0.3 is 0 Å². The summed E-state index contributed by atoms with van der Waals surface area (Å²) in [6.45, 7) is 7.03. The van der Waals surface area contributed by atoms with E-state index in [0.717, 1.165) is 47.6 Å². The lowest BCUT2D eigenvalue weighted by Crippen LogP contribution is -2.49. The topological polar surface area (TPSA) is 65.8 Å². The fourth-order valence-corrected chi connectivity index (χ4v) is 5.21. The first kappa shape index (κ1) is 17.6. The minimum Gasteiger partial charge on any atom is -0.368 e. The van der Waals surface area contributed by atoms with Crippen LogP contribution in [0.2, 0.25) is 0 Å². The van der Waals surface area contributed by atoms with Crippen molar-refractivity contribution in [1.29, 1.82) is 0 Å². The van der Waals surface area contributed by atoms with E-state index in [4.69, 9.17) is 0 Å². The zero-order valence-electron chi connectivity index (χ0n) is 16.0. The summed E-state index contributed by atoms with van der Waals surface area (Å²) in [5, 5.41) is 9.12. The summed E-state index contributed by atoms with van der Waals surface area (Å²) in [5.74, 6) is 0.0939. The number of nitrogens with one attached hydrogen (secondary N) is 1. The molecule has 144 valence electrons. The van der Waals surface area contributed by atoms with E-state index in [2.05, 4.69) is 39.4 Å². The lowest BCUT2D eigenvalue weighted by atomic mass is 10.2. The molecule has 1 saturated heterocycles. The number of aromatic nitrogens is 3. The highest BCUT2D eigenvalue weighted by molar-refractivity contribution is 7.51. The molecule has 0 spiro atoms. The van der Waals surface area contributed by atoms with E-state index < -0.39 is 0 Å². The Kier molecular flexibility index (Phi) is 4.29. The zero-order valence-corrected chi connectivity index (χ0v) is 17.0. The molecular weight excluding hydrogens is 371 g/mol. The number of piperazine rings is 1. The number of allylic oxidation sites excluding steroid dienone is 1. The van der Waals surface area contributed by atoms with Crippen LogP contribution in [0.3, 0.4) is 0 Å². The minimum absolute atomic E-state index is 0.0233. The van der Waals surface area contributed by atoms with Gasteiger partial charge in [0.2, 0.25) is 0 Å². The Morgan fingerprint density at radius 1 is 1.36 bits per heavy atom. The number of carbonyl (C=O) groups excluding carboxylic acids is 1. The molecular formula is C20H23N6OP. The molecule has 0 saturated carbocycles. The van der Waals surface area contributed by atoms with Gasteiger partial charge in [-0.25, -0.2) is 4.52 Å². The summed E-state index contributed by atoms with van der Waals surface area (Å²) in [6, 6.07) is 2.46. The van der Waals surface area contributed by atoms with E-state index in [1.807, 2.05) is 41.0 Å². The van der Waals surface area contributed by atoms with Crippen LogP contribution in [0, 0.1) is 6.92 Å². The maximum absolute atomic E-state index is 12.9. The van der Waals surface area contributed by atoms with Crippen LogP contribution < -0.4 is 5.32 Å². The quantitative estimate of drug-likeness (QED) is 0.789. The van der Waals surface area contributed by atoms with Crippen molar-refractivity contribution in [3.05, 3.63) is 60.0 Å². The molecule has 2 aromatic heterocycles. The van der Waals surface area contributed by atoms with E-state index in [9.17, 15) is 4.79 Å². The SMILES string of the molecule is Cc1cn2nc(C3=CC(=O)N4C=C(N5CCN[C@@H](C)C5)C=CC4P3)cc2cn1. The van der Waals surface area contributed by atoms with Gasteiger partial charge < -0.3 is 15.1 Å². The van der Waals surface area contributed by atoms with Crippen LogP contribution in [0.25, 0.3) is 10.8 Å². The molecule has 0 aromatic carbocycles. The predicted molar refractivity (Wildman–Crippen MR) is 111 cm³/mol. The second-order valence-corrected chi connectivity index (χ2v) is 8.95. The van der Waals surface area contributed by atoms with Crippen molar-refractivity contribution >= 4 is 25.3 Å². The normalized spacial score (nSPS) is 25.9. The molecule has 2 aromatic rings. The van der Waals surface area contributed by atoms with Crippen LogP contribution >= 0.6 is 8.58 Å². The highest BCUT2D eigenvalue weighted by atomic mass is 31.1. The number of carbonyl (C=O) groups is 1. The van der Waals surface area contributed by atoms with Gasteiger partial charge in [-0.15, -0.1) is 0 Å². The molecule has 5 heterocycles. The van der Waals surface area contributed by atoms with Gasteiger partial charge in [0.1, 0.15) is 0 Å². The van der Waals surface area contributed by atoms with Gasteiger partial charge in [-0.2, -0.15) is 5.10 Å². The number of hydrogen-bond donors (Lipinski definition) is 1. The Morgan fingerprint density at radius 2 is 2.25 bits per heavy atom.